The Morgan fingerprint density at radius 1 is 1.09 bits per heavy atom. The summed E-state index contributed by atoms with van der Waals surface area (Å²) in [6, 6.07) is 13.3. The molecule has 0 unspecified atom stereocenters. The van der Waals surface area contributed by atoms with Gasteiger partial charge in [-0.05, 0) is 56.2 Å². The third kappa shape index (κ3) is 4.74. The van der Waals surface area contributed by atoms with E-state index in [1.807, 2.05) is 6.92 Å². The van der Waals surface area contributed by atoms with Gasteiger partial charge >= 0.3 is 5.97 Å². The third-order valence-corrected chi connectivity index (χ3v) is 7.89. The van der Waals surface area contributed by atoms with Gasteiger partial charge in [-0.25, -0.2) is 13.2 Å². The molecule has 1 fully saturated rings. The highest BCUT2D eigenvalue weighted by Gasteiger charge is 2.40. The Morgan fingerprint density at radius 3 is 2.53 bits per heavy atom. The van der Waals surface area contributed by atoms with Gasteiger partial charge in [0.25, 0.3) is 0 Å². The molecular formula is C24H28N2O7S. The number of benzene rings is 2. The lowest BCUT2D eigenvalue weighted by atomic mass is 9.97. The number of carbonyl (C=O) groups excluding carboxylic acids is 2. The number of hydrogen-bond donors (Lipinski definition) is 0. The molecule has 0 radical (unpaired) electrons. The molecule has 1 amide bonds. The zero-order chi connectivity index (χ0) is 24.3. The number of ether oxygens (including phenoxy) is 3. The molecule has 34 heavy (non-hydrogen) atoms. The smallest absolute Gasteiger partial charge is 0.348 e. The summed E-state index contributed by atoms with van der Waals surface area (Å²) in [5.41, 5.74) is 0.555. The molecule has 2 atom stereocenters. The molecule has 9 nitrogen and oxygen atoms in total. The van der Waals surface area contributed by atoms with Crippen molar-refractivity contribution in [1.29, 1.82) is 0 Å². The molecule has 1 saturated heterocycles. The fraction of sp³-hybridized carbons (Fsp3) is 0.417. The molecule has 182 valence electrons. The summed E-state index contributed by atoms with van der Waals surface area (Å²) in [6.07, 6.45) is 0.159. The third-order valence-electron chi connectivity index (χ3n) is 6.01. The molecule has 0 bridgehead atoms. The number of fused-ring (bicyclic) bond motifs is 1. The van der Waals surface area contributed by atoms with Crippen LogP contribution in [0.25, 0.3) is 0 Å². The van der Waals surface area contributed by atoms with Gasteiger partial charge in [0, 0.05) is 13.1 Å². The predicted molar refractivity (Wildman–Crippen MR) is 124 cm³/mol. The van der Waals surface area contributed by atoms with E-state index in [2.05, 4.69) is 0 Å². The number of esters is 1. The molecule has 10 heteroatoms. The fourth-order valence-electron chi connectivity index (χ4n) is 4.30. The van der Waals surface area contributed by atoms with E-state index in [-0.39, 0.29) is 23.9 Å². The van der Waals surface area contributed by atoms with E-state index in [0.717, 1.165) is 0 Å². The van der Waals surface area contributed by atoms with Gasteiger partial charge in [0.2, 0.25) is 22.0 Å². The van der Waals surface area contributed by atoms with Gasteiger partial charge in [-0.15, -0.1) is 0 Å². The monoisotopic (exact) mass is 488 g/mol. The first-order valence-electron chi connectivity index (χ1n) is 11.2. The second kappa shape index (κ2) is 10.0. The minimum Gasteiger partial charge on any atom is -0.494 e. The lowest BCUT2D eigenvalue weighted by Gasteiger charge is -2.38. The van der Waals surface area contributed by atoms with Gasteiger partial charge in [-0.3, -0.25) is 4.79 Å². The van der Waals surface area contributed by atoms with Crippen LogP contribution in [0.4, 0.5) is 5.69 Å². The Morgan fingerprint density at radius 2 is 1.82 bits per heavy atom. The van der Waals surface area contributed by atoms with Crippen molar-refractivity contribution in [3.63, 3.8) is 0 Å². The van der Waals surface area contributed by atoms with Gasteiger partial charge in [0.05, 0.1) is 36.8 Å². The Bertz CT molecular complexity index is 1150. The van der Waals surface area contributed by atoms with Crippen molar-refractivity contribution >= 4 is 27.6 Å². The number of methoxy groups -OCH3 is 1. The van der Waals surface area contributed by atoms with Crippen molar-refractivity contribution in [2.24, 2.45) is 5.92 Å². The number of rotatable bonds is 6. The number of carbonyl (C=O) groups is 2. The summed E-state index contributed by atoms with van der Waals surface area (Å²) in [4.78, 5) is 27.4. The topological polar surface area (TPSA) is 102 Å². The average Bonchev–Trinajstić information content (AvgIpc) is 2.87. The Hall–Kier alpha value is -3.11. The predicted octanol–water partition coefficient (Wildman–Crippen LogP) is 2.45. The zero-order valence-electron chi connectivity index (χ0n) is 19.2. The molecule has 2 aromatic carbocycles. The molecule has 0 aliphatic carbocycles. The molecule has 2 aliphatic rings. The second-order valence-corrected chi connectivity index (χ2v) is 10.1. The first-order chi connectivity index (χ1) is 16.3. The maximum absolute atomic E-state index is 13.6. The van der Waals surface area contributed by atoms with E-state index in [9.17, 15) is 18.0 Å². The quantitative estimate of drug-likeness (QED) is 0.576. The highest BCUT2D eigenvalue weighted by molar-refractivity contribution is 7.89. The van der Waals surface area contributed by atoms with E-state index >= 15 is 0 Å². The van der Waals surface area contributed by atoms with E-state index in [1.165, 1.54) is 28.4 Å². The number of anilines is 1. The van der Waals surface area contributed by atoms with Gasteiger partial charge in [-0.2, -0.15) is 4.31 Å². The van der Waals surface area contributed by atoms with E-state index in [4.69, 9.17) is 14.2 Å². The lowest BCUT2D eigenvalue weighted by Crippen LogP contribution is -2.52. The van der Waals surface area contributed by atoms with Crippen LogP contribution in [0.2, 0.25) is 0 Å². The van der Waals surface area contributed by atoms with Gasteiger partial charge in [0.15, 0.2) is 0 Å². The van der Waals surface area contributed by atoms with Crippen molar-refractivity contribution in [3.05, 3.63) is 48.5 Å². The van der Waals surface area contributed by atoms with E-state index in [1.54, 1.807) is 36.4 Å². The lowest BCUT2D eigenvalue weighted by molar-refractivity contribution is -0.148. The van der Waals surface area contributed by atoms with Crippen LogP contribution in [0.3, 0.4) is 0 Å². The maximum atomic E-state index is 13.6. The van der Waals surface area contributed by atoms with Crippen LogP contribution in [0, 0.1) is 5.92 Å². The van der Waals surface area contributed by atoms with Crippen LogP contribution < -0.4 is 14.4 Å². The molecule has 2 aliphatic heterocycles. The minimum atomic E-state index is -3.77. The van der Waals surface area contributed by atoms with Crippen molar-refractivity contribution in [2.45, 2.75) is 30.8 Å². The number of hydrogen-bond acceptors (Lipinski definition) is 7. The highest BCUT2D eigenvalue weighted by atomic mass is 32.2. The summed E-state index contributed by atoms with van der Waals surface area (Å²) in [7, 11) is -2.50. The van der Waals surface area contributed by atoms with Crippen molar-refractivity contribution < 1.29 is 32.2 Å². The van der Waals surface area contributed by atoms with Gasteiger partial charge in [0.1, 0.15) is 11.5 Å². The van der Waals surface area contributed by atoms with Gasteiger partial charge < -0.3 is 19.1 Å². The Kier molecular flexibility index (Phi) is 7.08. The molecule has 0 saturated carbocycles. The first-order valence-corrected chi connectivity index (χ1v) is 12.7. The van der Waals surface area contributed by atoms with Crippen molar-refractivity contribution in [1.82, 2.24) is 4.31 Å². The van der Waals surface area contributed by atoms with E-state index < -0.39 is 28.0 Å². The SMILES string of the molecule is CCOc1ccc(S(=O)(=O)N2CCC[C@@H](C(=O)N3C[C@@H](C(=O)OC)Oc4ccccc43)C2)cc1. The average molecular weight is 489 g/mol. The van der Waals surface area contributed by atoms with E-state index in [0.29, 0.717) is 43.2 Å². The van der Waals surface area contributed by atoms with Crippen LogP contribution in [0.1, 0.15) is 19.8 Å². The molecule has 0 N–H and O–H groups in total. The number of nitrogens with zero attached hydrogens (tertiary/aromatic N) is 2. The van der Waals surface area contributed by atoms with Crippen molar-refractivity contribution in [2.75, 3.05) is 38.3 Å². The van der Waals surface area contributed by atoms with Crippen LogP contribution in [-0.4, -0.2) is 64.1 Å². The summed E-state index contributed by atoms with van der Waals surface area (Å²) >= 11 is 0. The van der Waals surface area contributed by atoms with Crippen LogP contribution in [-0.2, 0) is 24.3 Å². The number of sulfonamides is 1. The summed E-state index contributed by atoms with van der Waals surface area (Å²) in [5.74, 6) is -0.353. The molecule has 2 aromatic rings. The zero-order valence-corrected chi connectivity index (χ0v) is 20.0. The minimum absolute atomic E-state index is 0.00462. The molecule has 0 spiro atoms. The van der Waals surface area contributed by atoms with Crippen LogP contribution in [0.15, 0.2) is 53.4 Å². The first kappa shape index (κ1) is 24.0. The summed E-state index contributed by atoms with van der Waals surface area (Å²) < 4.78 is 43.8. The number of amides is 1. The number of para-hydroxylation sites is 2. The highest BCUT2D eigenvalue weighted by Crippen LogP contribution is 2.36. The Labute approximate surface area is 199 Å². The summed E-state index contributed by atoms with van der Waals surface area (Å²) in [6.45, 7) is 2.75. The number of piperidine rings is 1. The maximum Gasteiger partial charge on any atom is 0.348 e. The summed E-state index contributed by atoms with van der Waals surface area (Å²) in [5, 5.41) is 0. The normalized spacial score (nSPS) is 20.7. The fourth-order valence-corrected chi connectivity index (χ4v) is 5.83. The molecular weight excluding hydrogens is 460 g/mol. The largest absolute Gasteiger partial charge is 0.494 e. The van der Waals surface area contributed by atoms with Crippen molar-refractivity contribution in [3.8, 4) is 11.5 Å². The van der Waals surface area contributed by atoms with Crippen LogP contribution >= 0.6 is 0 Å². The second-order valence-electron chi connectivity index (χ2n) is 8.15. The standard InChI is InChI=1S/C24H28N2O7S/c1-3-32-18-10-12-19(13-11-18)34(29,30)25-14-6-7-17(15-25)23(27)26-16-22(24(28)31-2)33-21-9-5-4-8-20(21)26/h4-5,8-13,17,22H,3,6-7,14-16H2,1-2H3/t17-,22+/m1/s1. The molecule has 4 rings (SSSR count). The Balaban J connectivity index is 1.54. The van der Waals surface area contributed by atoms with Crippen LogP contribution in [0.5, 0.6) is 11.5 Å². The van der Waals surface area contributed by atoms with Gasteiger partial charge in [-0.1, -0.05) is 12.1 Å². The molecule has 2 heterocycles. The molecule has 0 aromatic heterocycles.